The summed E-state index contributed by atoms with van der Waals surface area (Å²) in [7, 11) is 0. The lowest BCUT2D eigenvalue weighted by molar-refractivity contribution is -0.275. The molecule has 0 spiro atoms. The quantitative estimate of drug-likeness (QED) is 0.853. The van der Waals surface area contributed by atoms with Gasteiger partial charge in [0.05, 0.1) is 12.1 Å². The Bertz CT molecular complexity index is 445. The zero-order valence-corrected chi connectivity index (χ0v) is 8.58. The molecule has 1 rings (SSSR count). The highest BCUT2D eigenvalue weighted by Crippen LogP contribution is 2.34. The highest BCUT2D eigenvalue weighted by Gasteiger charge is 2.33. The molecule has 17 heavy (non-hydrogen) atoms. The molecule has 0 fully saturated rings. The number of hydrogen-bond acceptors (Lipinski definition) is 4. The molecular weight excluding hydrogens is 243 g/mol. The van der Waals surface area contributed by atoms with Crippen molar-refractivity contribution in [3.8, 4) is 11.5 Å². The Kier molecular flexibility index (Phi) is 3.45. The smallest absolute Gasteiger partial charge is 0.503 e. The minimum atomic E-state index is -4.97. The summed E-state index contributed by atoms with van der Waals surface area (Å²) >= 11 is 0. The van der Waals surface area contributed by atoms with E-state index in [1.807, 2.05) is 0 Å². The second-order valence-corrected chi connectivity index (χ2v) is 3.18. The van der Waals surface area contributed by atoms with Crippen LogP contribution >= 0.6 is 0 Å². The fraction of sp³-hybridized carbons (Fsp3) is 0.333. The molecule has 1 aromatic heterocycles. The SMILES string of the molecule is Cc1cc(OC(F)(F)F)c(O)c(CC(=O)O)n1. The van der Waals surface area contributed by atoms with Crippen LogP contribution in [0.4, 0.5) is 13.2 Å². The molecule has 0 saturated carbocycles. The van der Waals surface area contributed by atoms with Crippen molar-refractivity contribution >= 4 is 5.97 Å². The van der Waals surface area contributed by atoms with Crippen LogP contribution < -0.4 is 4.74 Å². The van der Waals surface area contributed by atoms with Crippen molar-refractivity contribution in [1.82, 2.24) is 4.98 Å². The molecule has 0 saturated heterocycles. The van der Waals surface area contributed by atoms with Gasteiger partial charge in [0.2, 0.25) is 0 Å². The number of alkyl halides is 3. The third-order valence-electron chi connectivity index (χ3n) is 1.70. The highest BCUT2D eigenvalue weighted by atomic mass is 19.4. The number of aromatic hydroxyl groups is 1. The lowest BCUT2D eigenvalue weighted by Crippen LogP contribution is -2.18. The van der Waals surface area contributed by atoms with Gasteiger partial charge in [-0.15, -0.1) is 13.2 Å². The predicted molar refractivity (Wildman–Crippen MR) is 48.7 cm³/mol. The summed E-state index contributed by atoms with van der Waals surface area (Å²) in [6, 6.07) is 0.869. The molecule has 0 aliphatic heterocycles. The van der Waals surface area contributed by atoms with Gasteiger partial charge in [0.15, 0.2) is 11.5 Å². The minimum absolute atomic E-state index is 0.110. The van der Waals surface area contributed by atoms with E-state index in [1.165, 1.54) is 6.92 Å². The Morgan fingerprint density at radius 2 is 2.12 bits per heavy atom. The van der Waals surface area contributed by atoms with Crippen LogP contribution in [0.2, 0.25) is 0 Å². The van der Waals surface area contributed by atoms with Crippen molar-refractivity contribution in [3.63, 3.8) is 0 Å². The number of rotatable bonds is 3. The first-order valence-corrected chi connectivity index (χ1v) is 4.36. The lowest BCUT2D eigenvalue weighted by atomic mass is 10.2. The Hall–Kier alpha value is -1.99. The van der Waals surface area contributed by atoms with Gasteiger partial charge in [0.25, 0.3) is 0 Å². The summed E-state index contributed by atoms with van der Waals surface area (Å²) in [6.45, 7) is 1.36. The maximum absolute atomic E-state index is 12.0. The molecule has 1 aromatic rings. The fourth-order valence-corrected chi connectivity index (χ4v) is 1.17. The Morgan fingerprint density at radius 1 is 1.53 bits per heavy atom. The topological polar surface area (TPSA) is 79.7 Å². The summed E-state index contributed by atoms with van der Waals surface area (Å²) in [6.07, 6.45) is -5.66. The average Bonchev–Trinajstić information content (AvgIpc) is 2.09. The van der Waals surface area contributed by atoms with Crippen molar-refractivity contribution in [1.29, 1.82) is 0 Å². The molecule has 0 aliphatic rings. The van der Waals surface area contributed by atoms with E-state index in [2.05, 4.69) is 9.72 Å². The summed E-state index contributed by atoms with van der Waals surface area (Å²) in [5.41, 5.74) is -0.268. The number of aryl methyl sites for hydroxylation is 1. The number of carboxylic acids is 1. The zero-order valence-electron chi connectivity index (χ0n) is 8.58. The molecule has 2 N–H and O–H groups in total. The van der Waals surface area contributed by atoms with E-state index in [0.717, 1.165) is 6.07 Å². The van der Waals surface area contributed by atoms with Crippen LogP contribution in [-0.2, 0) is 11.2 Å². The molecule has 0 atom stereocenters. The van der Waals surface area contributed by atoms with Gasteiger partial charge >= 0.3 is 12.3 Å². The molecule has 0 radical (unpaired) electrons. The first kappa shape index (κ1) is 13.1. The van der Waals surface area contributed by atoms with Crippen molar-refractivity contribution in [2.75, 3.05) is 0 Å². The monoisotopic (exact) mass is 251 g/mol. The van der Waals surface area contributed by atoms with E-state index in [9.17, 15) is 23.1 Å². The van der Waals surface area contributed by atoms with Crippen LogP contribution in [0.15, 0.2) is 6.07 Å². The summed E-state index contributed by atoms with van der Waals surface area (Å²) in [5, 5.41) is 17.9. The summed E-state index contributed by atoms with van der Waals surface area (Å²) < 4.78 is 39.5. The number of ether oxygens (including phenoxy) is 1. The minimum Gasteiger partial charge on any atom is -0.503 e. The Balaban J connectivity index is 3.14. The van der Waals surface area contributed by atoms with Gasteiger partial charge in [0, 0.05) is 11.8 Å². The molecule has 0 bridgehead atoms. The van der Waals surface area contributed by atoms with E-state index < -0.39 is 30.3 Å². The first-order valence-electron chi connectivity index (χ1n) is 4.36. The molecule has 5 nitrogen and oxygen atoms in total. The zero-order chi connectivity index (χ0) is 13.2. The lowest BCUT2D eigenvalue weighted by Gasteiger charge is -2.12. The fourth-order valence-electron chi connectivity index (χ4n) is 1.17. The largest absolute Gasteiger partial charge is 0.573 e. The van der Waals surface area contributed by atoms with Crippen LogP contribution in [0, 0.1) is 6.92 Å². The second kappa shape index (κ2) is 4.48. The normalized spacial score (nSPS) is 11.3. The highest BCUT2D eigenvalue weighted by molar-refractivity contribution is 5.71. The van der Waals surface area contributed by atoms with Gasteiger partial charge in [-0.05, 0) is 6.92 Å². The molecule has 0 unspecified atom stereocenters. The van der Waals surface area contributed by atoms with Gasteiger partial charge in [-0.2, -0.15) is 0 Å². The number of pyridine rings is 1. The Labute approximate surface area is 93.5 Å². The van der Waals surface area contributed by atoms with Crippen LogP contribution in [0.25, 0.3) is 0 Å². The number of carbonyl (C=O) groups is 1. The van der Waals surface area contributed by atoms with Crippen LogP contribution in [-0.4, -0.2) is 27.5 Å². The second-order valence-electron chi connectivity index (χ2n) is 3.18. The number of hydrogen-bond donors (Lipinski definition) is 2. The maximum Gasteiger partial charge on any atom is 0.573 e. The molecule has 0 aliphatic carbocycles. The summed E-state index contributed by atoms with van der Waals surface area (Å²) in [4.78, 5) is 14.0. The molecule has 0 aromatic carbocycles. The van der Waals surface area contributed by atoms with Crippen LogP contribution in [0.3, 0.4) is 0 Å². The number of carboxylic acid groups (broad SMARTS) is 1. The third kappa shape index (κ3) is 3.82. The van der Waals surface area contributed by atoms with Crippen molar-refractivity contribution in [3.05, 3.63) is 17.5 Å². The molecule has 8 heteroatoms. The van der Waals surface area contributed by atoms with Gasteiger partial charge in [0.1, 0.15) is 0 Å². The predicted octanol–water partition coefficient (Wildman–Crippen LogP) is 1.62. The number of nitrogens with zero attached hydrogens (tertiary/aromatic N) is 1. The van der Waals surface area contributed by atoms with Crippen molar-refractivity contribution in [2.24, 2.45) is 0 Å². The van der Waals surface area contributed by atoms with Crippen molar-refractivity contribution in [2.45, 2.75) is 19.7 Å². The van der Waals surface area contributed by atoms with Gasteiger partial charge in [-0.25, -0.2) is 0 Å². The number of aliphatic carboxylic acids is 1. The molecule has 94 valence electrons. The average molecular weight is 251 g/mol. The van der Waals surface area contributed by atoms with E-state index in [4.69, 9.17) is 5.11 Å². The van der Waals surface area contributed by atoms with Gasteiger partial charge < -0.3 is 14.9 Å². The number of halogens is 3. The molecule has 0 amide bonds. The molecular formula is C9H8F3NO4. The van der Waals surface area contributed by atoms with E-state index in [-0.39, 0.29) is 11.4 Å². The van der Waals surface area contributed by atoms with Crippen LogP contribution in [0.5, 0.6) is 11.5 Å². The summed E-state index contributed by atoms with van der Waals surface area (Å²) in [5.74, 6) is -3.10. The molecule has 1 heterocycles. The number of aromatic nitrogens is 1. The standard InChI is InChI=1S/C9H8F3NO4/c1-4-2-6(17-9(10,11)12)8(16)5(13-4)3-7(14)15/h2,16H,3H2,1H3,(H,14,15). The first-order chi connectivity index (χ1) is 7.69. The maximum atomic E-state index is 12.0. The van der Waals surface area contributed by atoms with E-state index in [0.29, 0.717) is 0 Å². The third-order valence-corrected chi connectivity index (χ3v) is 1.70. The van der Waals surface area contributed by atoms with E-state index in [1.54, 1.807) is 0 Å². The van der Waals surface area contributed by atoms with E-state index >= 15 is 0 Å². The van der Waals surface area contributed by atoms with Gasteiger partial charge in [-0.3, -0.25) is 9.78 Å². The van der Waals surface area contributed by atoms with Gasteiger partial charge in [-0.1, -0.05) is 0 Å². The van der Waals surface area contributed by atoms with Crippen LogP contribution in [0.1, 0.15) is 11.4 Å². The van der Waals surface area contributed by atoms with Crippen molar-refractivity contribution < 1.29 is 32.9 Å². The Morgan fingerprint density at radius 3 is 2.59 bits per heavy atom.